The van der Waals surface area contributed by atoms with Crippen molar-refractivity contribution in [1.82, 2.24) is 4.98 Å². The lowest BCUT2D eigenvalue weighted by Crippen LogP contribution is -2.04. The molecule has 5 heteroatoms. The zero-order valence-electron chi connectivity index (χ0n) is 10.7. The summed E-state index contributed by atoms with van der Waals surface area (Å²) in [5.41, 5.74) is 1.69. The van der Waals surface area contributed by atoms with Crippen LogP contribution in [-0.2, 0) is 6.18 Å². The monoisotopic (exact) mass is 289 g/mol. The first-order chi connectivity index (χ1) is 9.97. The molecule has 1 aromatic heterocycles. The summed E-state index contributed by atoms with van der Waals surface area (Å²) in [6.07, 6.45) is -3.66. The van der Waals surface area contributed by atoms with E-state index in [1.807, 2.05) is 0 Å². The van der Waals surface area contributed by atoms with Crippen molar-refractivity contribution in [2.75, 3.05) is 0 Å². The second kappa shape index (κ2) is 4.77. The summed E-state index contributed by atoms with van der Waals surface area (Å²) in [7, 11) is 0. The first-order valence-corrected chi connectivity index (χ1v) is 6.23. The van der Waals surface area contributed by atoms with Crippen molar-refractivity contribution >= 4 is 17.2 Å². The Morgan fingerprint density at radius 2 is 1.71 bits per heavy atom. The number of H-pyrrole nitrogens is 1. The van der Waals surface area contributed by atoms with Crippen LogP contribution in [0.25, 0.3) is 22.0 Å². The number of carbonyl (C=O) groups is 1. The van der Waals surface area contributed by atoms with E-state index in [-0.39, 0.29) is 0 Å². The summed E-state index contributed by atoms with van der Waals surface area (Å²) in [4.78, 5) is 13.6. The van der Waals surface area contributed by atoms with Crippen LogP contribution in [0.5, 0.6) is 0 Å². The number of hydrogen-bond donors (Lipinski definition) is 1. The van der Waals surface area contributed by atoms with Gasteiger partial charge in [0, 0.05) is 10.9 Å². The van der Waals surface area contributed by atoms with E-state index in [1.54, 1.807) is 30.3 Å². The van der Waals surface area contributed by atoms with Crippen LogP contribution in [0.3, 0.4) is 0 Å². The highest BCUT2D eigenvalue weighted by atomic mass is 19.4. The SMILES string of the molecule is O=Cc1cc2cc(-c3cccc(C(F)(F)F)c3)ccc2[nH]1. The van der Waals surface area contributed by atoms with E-state index in [2.05, 4.69) is 4.98 Å². The highest BCUT2D eigenvalue weighted by Crippen LogP contribution is 2.33. The Morgan fingerprint density at radius 3 is 2.43 bits per heavy atom. The summed E-state index contributed by atoms with van der Waals surface area (Å²) in [6, 6.07) is 12.1. The largest absolute Gasteiger partial charge is 0.416 e. The van der Waals surface area contributed by atoms with Gasteiger partial charge in [0.2, 0.25) is 0 Å². The van der Waals surface area contributed by atoms with E-state index in [9.17, 15) is 18.0 Å². The maximum absolute atomic E-state index is 12.7. The van der Waals surface area contributed by atoms with E-state index in [4.69, 9.17) is 0 Å². The van der Waals surface area contributed by atoms with Crippen molar-refractivity contribution < 1.29 is 18.0 Å². The summed E-state index contributed by atoms with van der Waals surface area (Å²) in [6.45, 7) is 0. The zero-order chi connectivity index (χ0) is 15.0. The van der Waals surface area contributed by atoms with Gasteiger partial charge in [-0.1, -0.05) is 18.2 Å². The minimum absolute atomic E-state index is 0.436. The van der Waals surface area contributed by atoms with Crippen LogP contribution >= 0.6 is 0 Å². The molecule has 0 spiro atoms. The second-order valence-corrected chi connectivity index (χ2v) is 4.72. The Bertz CT molecular complexity index is 818. The van der Waals surface area contributed by atoms with E-state index in [0.29, 0.717) is 23.1 Å². The van der Waals surface area contributed by atoms with Crippen molar-refractivity contribution in [2.24, 2.45) is 0 Å². The molecule has 0 saturated carbocycles. The molecule has 3 rings (SSSR count). The van der Waals surface area contributed by atoms with Crippen molar-refractivity contribution in [3.05, 3.63) is 59.8 Å². The standard InChI is InChI=1S/C16H10F3NO/c17-16(18,19)13-3-1-2-10(7-13)11-4-5-15-12(6-11)8-14(9-21)20-15/h1-9,20H. The predicted molar refractivity (Wildman–Crippen MR) is 74.1 cm³/mol. The van der Waals surface area contributed by atoms with Crippen molar-refractivity contribution in [1.29, 1.82) is 0 Å². The normalized spacial score (nSPS) is 11.8. The maximum atomic E-state index is 12.7. The molecule has 2 aromatic carbocycles. The number of aldehydes is 1. The van der Waals surface area contributed by atoms with Crippen LogP contribution in [0.2, 0.25) is 0 Å². The number of aromatic nitrogens is 1. The smallest absolute Gasteiger partial charge is 0.352 e. The lowest BCUT2D eigenvalue weighted by molar-refractivity contribution is -0.137. The number of nitrogens with one attached hydrogen (secondary N) is 1. The molecule has 1 N–H and O–H groups in total. The summed E-state index contributed by atoms with van der Waals surface area (Å²) < 4.78 is 38.2. The van der Waals surface area contributed by atoms with Crippen LogP contribution in [0, 0.1) is 0 Å². The quantitative estimate of drug-likeness (QED) is 0.683. The molecule has 0 aliphatic heterocycles. The maximum Gasteiger partial charge on any atom is 0.416 e. The van der Waals surface area contributed by atoms with Gasteiger partial charge in [0.15, 0.2) is 6.29 Å². The lowest BCUT2D eigenvalue weighted by Gasteiger charge is -2.09. The number of hydrogen-bond acceptors (Lipinski definition) is 1. The molecule has 0 aliphatic carbocycles. The minimum Gasteiger partial charge on any atom is -0.352 e. The van der Waals surface area contributed by atoms with Crippen LogP contribution in [-0.4, -0.2) is 11.3 Å². The van der Waals surface area contributed by atoms with E-state index >= 15 is 0 Å². The Labute approximate surface area is 118 Å². The molecule has 0 radical (unpaired) electrons. The molecule has 1 heterocycles. The third-order valence-electron chi connectivity index (χ3n) is 3.29. The first-order valence-electron chi connectivity index (χ1n) is 6.23. The molecule has 0 bridgehead atoms. The summed E-state index contributed by atoms with van der Waals surface area (Å²) in [5, 5.41) is 0.784. The molecule has 2 nitrogen and oxygen atoms in total. The van der Waals surface area contributed by atoms with Gasteiger partial charge >= 0.3 is 6.18 Å². The van der Waals surface area contributed by atoms with Gasteiger partial charge in [-0.3, -0.25) is 4.79 Å². The molecular formula is C16H10F3NO. The van der Waals surface area contributed by atoms with Gasteiger partial charge in [-0.15, -0.1) is 0 Å². The van der Waals surface area contributed by atoms with E-state index in [0.717, 1.165) is 23.0 Å². The number of carbonyl (C=O) groups excluding carboxylic acids is 1. The molecular weight excluding hydrogens is 279 g/mol. The number of aromatic amines is 1. The Hall–Kier alpha value is -2.56. The van der Waals surface area contributed by atoms with Crippen LogP contribution in [0.15, 0.2) is 48.5 Å². The molecule has 0 aliphatic rings. The fraction of sp³-hybridized carbons (Fsp3) is 0.0625. The third kappa shape index (κ3) is 2.54. The Morgan fingerprint density at radius 1 is 0.952 bits per heavy atom. The van der Waals surface area contributed by atoms with Gasteiger partial charge in [0.25, 0.3) is 0 Å². The van der Waals surface area contributed by atoms with Gasteiger partial charge in [-0.2, -0.15) is 13.2 Å². The fourth-order valence-electron chi connectivity index (χ4n) is 2.27. The molecule has 0 saturated heterocycles. The minimum atomic E-state index is -4.36. The highest BCUT2D eigenvalue weighted by Gasteiger charge is 2.30. The second-order valence-electron chi connectivity index (χ2n) is 4.72. The number of benzene rings is 2. The highest BCUT2D eigenvalue weighted by molar-refractivity contribution is 5.90. The van der Waals surface area contributed by atoms with Crippen LogP contribution in [0.4, 0.5) is 13.2 Å². The van der Waals surface area contributed by atoms with E-state index < -0.39 is 11.7 Å². The average molecular weight is 289 g/mol. The first kappa shape index (κ1) is 13.4. The van der Waals surface area contributed by atoms with Crippen LogP contribution in [0.1, 0.15) is 16.1 Å². The molecule has 0 fully saturated rings. The number of rotatable bonds is 2. The van der Waals surface area contributed by atoms with Crippen molar-refractivity contribution in [2.45, 2.75) is 6.18 Å². The van der Waals surface area contributed by atoms with Crippen molar-refractivity contribution in [3.63, 3.8) is 0 Å². The summed E-state index contributed by atoms with van der Waals surface area (Å²) >= 11 is 0. The molecule has 0 unspecified atom stereocenters. The Balaban J connectivity index is 2.09. The molecule has 21 heavy (non-hydrogen) atoms. The summed E-state index contributed by atoms with van der Waals surface area (Å²) in [5.74, 6) is 0. The fourth-order valence-corrected chi connectivity index (χ4v) is 2.27. The third-order valence-corrected chi connectivity index (χ3v) is 3.29. The topological polar surface area (TPSA) is 32.9 Å². The zero-order valence-corrected chi connectivity index (χ0v) is 10.7. The molecule has 3 aromatic rings. The Kier molecular flexibility index (Phi) is 3.05. The number of alkyl halides is 3. The van der Waals surface area contributed by atoms with Gasteiger partial charge < -0.3 is 4.98 Å². The van der Waals surface area contributed by atoms with E-state index in [1.165, 1.54) is 6.07 Å². The molecule has 0 amide bonds. The molecule has 106 valence electrons. The van der Waals surface area contributed by atoms with Gasteiger partial charge in [0.1, 0.15) is 0 Å². The van der Waals surface area contributed by atoms with Crippen molar-refractivity contribution in [3.8, 4) is 11.1 Å². The van der Waals surface area contributed by atoms with Crippen LogP contribution < -0.4 is 0 Å². The molecule has 0 atom stereocenters. The van der Waals surface area contributed by atoms with Gasteiger partial charge in [-0.25, -0.2) is 0 Å². The average Bonchev–Trinajstić information content (AvgIpc) is 2.88. The number of halogens is 3. The predicted octanol–water partition coefficient (Wildman–Crippen LogP) is 4.67. The van der Waals surface area contributed by atoms with Gasteiger partial charge in [0.05, 0.1) is 11.3 Å². The lowest BCUT2D eigenvalue weighted by atomic mass is 10.0. The number of fused-ring (bicyclic) bond motifs is 1. The van der Waals surface area contributed by atoms with Gasteiger partial charge in [-0.05, 0) is 41.5 Å².